The molecular weight excluding hydrogens is 224 g/mol. The highest BCUT2D eigenvalue weighted by Crippen LogP contribution is 2.24. The predicted octanol–water partition coefficient (Wildman–Crippen LogP) is 2.30. The monoisotopic (exact) mass is 242 g/mol. The van der Waals surface area contributed by atoms with Crippen LogP contribution in [0.4, 0.5) is 0 Å². The number of hydrogen-bond donors (Lipinski definition) is 0. The molecule has 3 rings (SSSR count). The standard InChI is InChI=1S/C14H18N4/c1-10(2)17-7-12-8-18(16-13(12)9-17)14-5-4-6-15-11(14)3/h4-6,8,10H,7,9H2,1-3H3. The summed E-state index contributed by atoms with van der Waals surface area (Å²) in [5.74, 6) is 0. The number of fused-ring (bicyclic) bond motifs is 1. The summed E-state index contributed by atoms with van der Waals surface area (Å²) in [6.07, 6.45) is 3.96. The third kappa shape index (κ3) is 1.82. The second kappa shape index (κ2) is 4.21. The van der Waals surface area contributed by atoms with Crippen LogP contribution in [0, 0.1) is 6.92 Å². The molecule has 0 saturated heterocycles. The first-order valence-corrected chi connectivity index (χ1v) is 6.38. The van der Waals surface area contributed by atoms with Gasteiger partial charge in [0, 0.05) is 37.1 Å². The van der Waals surface area contributed by atoms with Gasteiger partial charge in [-0.15, -0.1) is 0 Å². The van der Waals surface area contributed by atoms with Crippen molar-refractivity contribution in [1.29, 1.82) is 0 Å². The molecule has 4 nitrogen and oxygen atoms in total. The quantitative estimate of drug-likeness (QED) is 0.810. The highest BCUT2D eigenvalue weighted by Gasteiger charge is 2.24. The minimum Gasteiger partial charge on any atom is -0.291 e. The van der Waals surface area contributed by atoms with Gasteiger partial charge in [0.25, 0.3) is 0 Å². The molecule has 1 aliphatic heterocycles. The van der Waals surface area contributed by atoms with Crippen molar-refractivity contribution in [2.24, 2.45) is 0 Å². The number of hydrogen-bond acceptors (Lipinski definition) is 3. The molecule has 2 aromatic heterocycles. The van der Waals surface area contributed by atoms with Crippen molar-refractivity contribution in [3.05, 3.63) is 41.5 Å². The molecule has 18 heavy (non-hydrogen) atoms. The predicted molar refractivity (Wildman–Crippen MR) is 70.5 cm³/mol. The summed E-state index contributed by atoms with van der Waals surface area (Å²) in [5, 5.41) is 4.69. The third-order valence-corrected chi connectivity index (χ3v) is 3.56. The Morgan fingerprint density at radius 2 is 2.11 bits per heavy atom. The Bertz CT molecular complexity index is 547. The molecule has 2 aromatic rings. The number of aryl methyl sites for hydroxylation is 1. The molecule has 0 saturated carbocycles. The Morgan fingerprint density at radius 3 is 2.78 bits per heavy atom. The van der Waals surface area contributed by atoms with Gasteiger partial charge in [0.1, 0.15) is 0 Å². The molecule has 4 heteroatoms. The maximum Gasteiger partial charge on any atom is 0.0858 e. The lowest BCUT2D eigenvalue weighted by Gasteiger charge is -2.19. The van der Waals surface area contributed by atoms with Gasteiger partial charge in [0.05, 0.1) is 17.1 Å². The summed E-state index contributed by atoms with van der Waals surface area (Å²) in [6.45, 7) is 8.44. The SMILES string of the molecule is Cc1ncccc1-n1cc2c(n1)CN(C(C)C)C2. The zero-order valence-corrected chi connectivity index (χ0v) is 11.1. The van der Waals surface area contributed by atoms with Crippen LogP contribution in [-0.4, -0.2) is 25.7 Å². The van der Waals surface area contributed by atoms with Crippen LogP contribution in [0.15, 0.2) is 24.5 Å². The second-order valence-corrected chi connectivity index (χ2v) is 5.15. The average molecular weight is 242 g/mol. The summed E-state index contributed by atoms with van der Waals surface area (Å²) in [5.41, 5.74) is 4.63. The average Bonchev–Trinajstić information content (AvgIpc) is 2.87. The van der Waals surface area contributed by atoms with Crippen LogP contribution in [-0.2, 0) is 13.1 Å². The minimum absolute atomic E-state index is 0.577. The Kier molecular flexibility index (Phi) is 2.67. The number of nitrogens with zero attached hydrogens (tertiary/aromatic N) is 4. The lowest BCUT2D eigenvalue weighted by Crippen LogP contribution is -2.25. The van der Waals surface area contributed by atoms with Gasteiger partial charge in [-0.05, 0) is 32.9 Å². The van der Waals surface area contributed by atoms with E-state index in [0.717, 1.165) is 24.5 Å². The molecular formula is C14H18N4. The number of rotatable bonds is 2. The summed E-state index contributed by atoms with van der Waals surface area (Å²) < 4.78 is 1.96. The largest absolute Gasteiger partial charge is 0.291 e. The van der Waals surface area contributed by atoms with E-state index in [0.29, 0.717) is 6.04 Å². The molecule has 0 fully saturated rings. The Morgan fingerprint density at radius 1 is 1.28 bits per heavy atom. The Labute approximate surface area is 107 Å². The molecule has 0 aliphatic carbocycles. The van der Waals surface area contributed by atoms with E-state index in [4.69, 9.17) is 0 Å². The summed E-state index contributed by atoms with van der Waals surface area (Å²) in [4.78, 5) is 6.74. The van der Waals surface area contributed by atoms with E-state index in [2.05, 4.69) is 41.1 Å². The third-order valence-electron chi connectivity index (χ3n) is 3.56. The fraction of sp³-hybridized carbons (Fsp3) is 0.429. The molecule has 0 bridgehead atoms. The number of pyridine rings is 1. The van der Waals surface area contributed by atoms with Crippen molar-refractivity contribution >= 4 is 0 Å². The van der Waals surface area contributed by atoms with Gasteiger partial charge in [-0.1, -0.05) is 0 Å². The van der Waals surface area contributed by atoms with E-state index >= 15 is 0 Å². The Hall–Kier alpha value is -1.68. The van der Waals surface area contributed by atoms with Crippen LogP contribution < -0.4 is 0 Å². The second-order valence-electron chi connectivity index (χ2n) is 5.15. The highest BCUT2D eigenvalue weighted by molar-refractivity contribution is 5.36. The summed E-state index contributed by atoms with van der Waals surface area (Å²) in [7, 11) is 0. The number of aromatic nitrogens is 3. The lowest BCUT2D eigenvalue weighted by atomic mass is 10.3. The highest BCUT2D eigenvalue weighted by atomic mass is 15.3. The van der Waals surface area contributed by atoms with Crippen LogP contribution in [0.1, 0.15) is 30.8 Å². The molecule has 0 radical (unpaired) electrons. The van der Waals surface area contributed by atoms with Crippen molar-refractivity contribution in [2.75, 3.05) is 0 Å². The van der Waals surface area contributed by atoms with E-state index in [1.807, 2.05) is 23.9 Å². The molecule has 0 unspecified atom stereocenters. The molecule has 3 heterocycles. The van der Waals surface area contributed by atoms with E-state index in [9.17, 15) is 0 Å². The maximum atomic E-state index is 4.69. The van der Waals surface area contributed by atoms with Crippen molar-refractivity contribution < 1.29 is 0 Å². The first-order chi connectivity index (χ1) is 8.65. The van der Waals surface area contributed by atoms with Crippen molar-refractivity contribution in [1.82, 2.24) is 19.7 Å². The molecule has 0 N–H and O–H groups in total. The fourth-order valence-electron chi connectivity index (χ4n) is 2.38. The minimum atomic E-state index is 0.577. The van der Waals surface area contributed by atoms with Gasteiger partial charge in [-0.25, -0.2) is 4.68 Å². The van der Waals surface area contributed by atoms with Crippen LogP contribution in [0.3, 0.4) is 0 Å². The van der Waals surface area contributed by atoms with E-state index < -0.39 is 0 Å². The zero-order valence-electron chi connectivity index (χ0n) is 11.1. The van der Waals surface area contributed by atoms with Gasteiger partial charge in [-0.3, -0.25) is 9.88 Å². The lowest BCUT2D eigenvalue weighted by molar-refractivity contribution is 0.224. The van der Waals surface area contributed by atoms with Crippen LogP contribution in [0.25, 0.3) is 5.69 Å². The van der Waals surface area contributed by atoms with Gasteiger partial charge in [0.2, 0.25) is 0 Å². The van der Waals surface area contributed by atoms with Crippen molar-refractivity contribution in [2.45, 2.75) is 39.9 Å². The van der Waals surface area contributed by atoms with Gasteiger partial charge >= 0.3 is 0 Å². The first kappa shape index (κ1) is 11.4. The summed E-state index contributed by atoms with van der Waals surface area (Å²) >= 11 is 0. The van der Waals surface area contributed by atoms with Crippen LogP contribution in [0.5, 0.6) is 0 Å². The summed E-state index contributed by atoms with van der Waals surface area (Å²) in [6, 6.07) is 4.59. The van der Waals surface area contributed by atoms with Crippen LogP contribution >= 0.6 is 0 Å². The van der Waals surface area contributed by atoms with E-state index in [-0.39, 0.29) is 0 Å². The topological polar surface area (TPSA) is 34.0 Å². The van der Waals surface area contributed by atoms with Crippen molar-refractivity contribution in [3.8, 4) is 5.69 Å². The van der Waals surface area contributed by atoms with Gasteiger partial charge in [-0.2, -0.15) is 5.10 Å². The molecule has 1 aliphatic rings. The van der Waals surface area contributed by atoms with Gasteiger partial charge in [0.15, 0.2) is 0 Å². The zero-order chi connectivity index (χ0) is 12.7. The molecule has 0 aromatic carbocycles. The molecule has 94 valence electrons. The van der Waals surface area contributed by atoms with E-state index in [1.165, 1.54) is 11.3 Å². The first-order valence-electron chi connectivity index (χ1n) is 6.38. The van der Waals surface area contributed by atoms with E-state index in [1.54, 1.807) is 0 Å². The molecule has 0 spiro atoms. The molecule has 0 amide bonds. The fourth-order valence-corrected chi connectivity index (χ4v) is 2.38. The maximum absolute atomic E-state index is 4.69. The smallest absolute Gasteiger partial charge is 0.0858 e. The van der Waals surface area contributed by atoms with Crippen LogP contribution in [0.2, 0.25) is 0 Å². The van der Waals surface area contributed by atoms with Gasteiger partial charge < -0.3 is 0 Å². The van der Waals surface area contributed by atoms with Crippen molar-refractivity contribution in [3.63, 3.8) is 0 Å². The molecule has 0 atom stereocenters. The Balaban J connectivity index is 1.92. The normalized spacial score (nSPS) is 15.3.